The molecule has 0 amide bonds. The molecule has 1 heterocycles. The summed E-state index contributed by atoms with van der Waals surface area (Å²) in [4.78, 5) is 2.64. The molecule has 1 aliphatic heterocycles. The highest BCUT2D eigenvalue weighted by atomic mass is 15.1. The van der Waals surface area contributed by atoms with Crippen molar-refractivity contribution in [1.29, 1.82) is 0 Å². The zero-order valence-corrected chi connectivity index (χ0v) is 12.2. The number of benzene rings is 1. The van der Waals surface area contributed by atoms with Crippen molar-refractivity contribution in [2.45, 2.75) is 33.2 Å². The minimum absolute atomic E-state index is 0.405. The third-order valence-electron chi connectivity index (χ3n) is 5.01. The van der Waals surface area contributed by atoms with E-state index in [4.69, 9.17) is 0 Å². The molecule has 1 nitrogen and oxygen atoms in total. The van der Waals surface area contributed by atoms with Crippen LogP contribution in [0.3, 0.4) is 0 Å². The Bertz CT molecular complexity index is 446. The monoisotopic (exact) mass is 255 g/mol. The maximum absolute atomic E-state index is 2.64. The predicted octanol–water partition coefficient (Wildman–Crippen LogP) is 4.11. The summed E-state index contributed by atoms with van der Waals surface area (Å²) in [5, 5.41) is 0. The molecule has 19 heavy (non-hydrogen) atoms. The third kappa shape index (κ3) is 2.76. The zero-order chi connectivity index (χ0) is 13.3. The predicted molar refractivity (Wildman–Crippen MR) is 80.9 cm³/mol. The van der Waals surface area contributed by atoms with Crippen LogP contribution in [0.2, 0.25) is 0 Å². The van der Waals surface area contributed by atoms with E-state index >= 15 is 0 Å². The molecule has 2 aliphatic rings. The largest absolute Gasteiger partial charge is 0.299 e. The lowest BCUT2D eigenvalue weighted by molar-refractivity contribution is 0.0537. The molecule has 0 aromatic heterocycles. The second-order valence-electron chi connectivity index (χ2n) is 6.84. The van der Waals surface area contributed by atoms with Gasteiger partial charge < -0.3 is 0 Å². The lowest BCUT2D eigenvalue weighted by Crippen LogP contribution is -2.45. The van der Waals surface area contributed by atoms with Gasteiger partial charge >= 0.3 is 0 Å². The fraction of sp³-hybridized carbons (Fsp3) is 0.556. The molecule has 0 radical (unpaired) electrons. The van der Waals surface area contributed by atoms with Gasteiger partial charge in [0.05, 0.1) is 0 Å². The number of allylic oxidation sites excluding steroid dienone is 2. The van der Waals surface area contributed by atoms with Gasteiger partial charge in [-0.05, 0) is 42.2 Å². The van der Waals surface area contributed by atoms with E-state index in [0.29, 0.717) is 5.41 Å². The van der Waals surface area contributed by atoms with Crippen molar-refractivity contribution in [2.75, 3.05) is 13.1 Å². The number of piperidine rings is 1. The summed E-state index contributed by atoms with van der Waals surface area (Å²) in [6.07, 6.45) is 7.49. The minimum atomic E-state index is 0.405. The summed E-state index contributed by atoms with van der Waals surface area (Å²) in [6.45, 7) is 8.47. The Morgan fingerprint density at radius 2 is 2.00 bits per heavy atom. The Morgan fingerprint density at radius 1 is 1.21 bits per heavy atom. The molecule has 1 aromatic rings. The summed E-state index contributed by atoms with van der Waals surface area (Å²) >= 11 is 0. The van der Waals surface area contributed by atoms with Gasteiger partial charge in [-0.1, -0.05) is 56.3 Å². The maximum atomic E-state index is 2.64. The van der Waals surface area contributed by atoms with Gasteiger partial charge in [0.25, 0.3) is 0 Å². The molecule has 1 aliphatic carbocycles. The highest BCUT2D eigenvalue weighted by molar-refractivity contribution is 5.15. The van der Waals surface area contributed by atoms with Crippen LogP contribution in [-0.4, -0.2) is 18.0 Å². The number of nitrogens with zero attached hydrogens (tertiary/aromatic N) is 1. The van der Waals surface area contributed by atoms with Crippen molar-refractivity contribution in [3.8, 4) is 0 Å². The average molecular weight is 255 g/mol. The van der Waals surface area contributed by atoms with Gasteiger partial charge in [0.1, 0.15) is 0 Å². The molecule has 0 spiro atoms. The van der Waals surface area contributed by atoms with E-state index in [1.54, 1.807) is 0 Å². The Labute approximate surface area is 117 Å². The summed E-state index contributed by atoms with van der Waals surface area (Å²) < 4.78 is 0. The van der Waals surface area contributed by atoms with Crippen LogP contribution in [0.5, 0.6) is 0 Å². The first-order chi connectivity index (χ1) is 9.15. The van der Waals surface area contributed by atoms with E-state index in [-0.39, 0.29) is 0 Å². The quantitative estimate of drug-likeness (QED) is 0.719. The number of likely N-dealkylation sites (tertiary alicyclic amines) is 1. The van der Waals surface area contributed by atoms with Crippen LogP contribution in [0.4, 0.5) is 0 Å². The minimum Gasteiger partial charge on any atom is -0.299 e. The van der Waals surface area contributed by atoms with E-state index in [2.05, 4.69) is 61.2 Å². The first-order valence-corrected chi connectivity index (χ1v) is 7.59. The summed E-state index contributed by atoms with van der Waals surface area (Å²) in [6, 6.07) is 10.9. The molecule has 0 saturated carbocycles. The summed E-state index contributed by atoms with van der Waals surface area (Å²) in [5.41, 5.74) is 1.86. The van der Waals surface area contributed by atoms with Crippen LogP contribution in [-0.2, 0) is 6.54 Å². The topological polar surface area (TPSA) is 3.24 Å². The van der Waals surface area contributed by atoms with Crippen LogP contribution >= 0.6 is 0 Å². The van der Waals surface area contributed by atoms with Crippen LogP contribution in [0.1, 0.15) is 32.3 Å². The summed E-state index contributed by atoms with van der Waals surface area (Å²) in [5.74, 6) is 1.74. The van der Waals surface area contributed by atoms with Gasteiger partial charge in [-0.15, -0.1) is 0 Å². The Morgan fingerprint density at radius 3 is 2.79 bits per heavy atom. The van der Waals surface area contributed by atoms with Crippen LogP contribution in [0.25, 0.3) is 0 Å². The first-order valence-electron chi connectivity index (χ1n) is 7.59. The highest BCUT2D eigenvalue weighted by Crippen LogP contribution is 2.44. The third-order valence-corrected chi connectivity index (χ3v) is 5.01. The van der Waals surface area contributed by atoms with Crippen LogP contribution in [0.15, 0.2) is 42.5 Å². The Kier molecular flexibility index (Phi) is 3.49. The van der Waals surface area contributed by atoms with Crippen LogP contribution in [0, 0.1) is 17.3 Å². The second kappa shape index (κ2) is 5.13. The normalized spacial score (nSPS) is 30.0. The van der Waals surface area contributed by atoms with Crippen molar-refractivity contribution >= 4 is 0 Å². The lowest BCUT2D eigenvalue weighted by Gasteiger charge is -2.47. The van der Waals surface area contributed by atoms with Gasteiger partial charge in [0.2, 0.25) is 0 Å². The molecule has 1 heteroatoms. The molecule has 1 saturated heterocycles. The molecular formula is C18H25N. The van der Waals surface area contributed by atoms with Crippen molar-refractivity contribution < 1.29 is 0 Å². The van der Waals surface area contributed by atoms with Gasteiger partial charge in [0.15, 0.2) is 0 Å². The maximum Gasteiger partial charge on any atom is 0.0233 e. The second-order valence-corrected chi connectivity index (χ2v) is 6.84. The zero-order valence-electron chi connectivity index (χ0n) is 12.2. The smallest absolute Gasteiger partial charge is 0.0233 e. The van der Waals surface area contributed by atoms with Crippen molar-refractivity contribution in [1.82, 2.24) is 4.90 Å². The van der Waals surface area contributed by atoms with Gasteiger partial charge in [-0.2, -0.15) is 0 Å². The number of hydrogen-bond acceptors (Lipinski definition) is 1. The fourth-order valence-electron chi connectivity index (χ4n) is 3.98. The van der Waals surface area contributed by atoms with Gasteiger partial charge in [-0.25, -0.2) is 0 Å². The van der Waals surface area contributed by atoms with Crippen molar-refractivity contribution in [3.05, 3.63) is 48.0 Å². The fourth-order valence-corrected chi connectivity index (χ4v) is 3.98. The highest BCUT2D eigenvalue weighted by Gasteiger charge is 2.39. The molecule has 0 N–H and O–H groups in total. The van der Waals surface area contributed by atoms with E-state index in [9.17, 15) is 0 Å². The Hall–Kier alpha value is -1.08. The lowest BCUT2D eigenvalue weighted by atomic mass is 9.64. The first kappa shape index (κ1) is 12.9. The number of rotatable bonds is 2. The number of fused-ring (bicyclic) bond motifs is 1. The van der Waals surface area contributed by atoms with Gasteiger partial charge in [0, 0.05) is 13.1 Å². The molecule has 1 fully saturated rings. The average Bonchev–Trinajstić information content (AvgIpc) is 2.39. The van der Waals surface area contributed by atoms with Crippen molar-refractivity contribution in [2.24, 2.45) is 17.3 Å². The molecule has 0 bridgehead atoms. The molecular weight excluding hydrogens is 230 g/mol. The molecule has 0 unspecified atom stereocenters. The van der Waals surface area contributed by atoms with Crippen LogP contribution < -0.4 is 0 Å². The number of hydrogen-bond donors (Lipinski definition) is 0. The molecule has 3 rings (SSSR count). The molecule has 102 valence electrons. The van der Waals surface area contributed by atoms with Gasteiger partial charge in [-0.3, -0.25) is 4.90 Å². The van der Waals surface area contributed by atoms with E-state index < -0.39 is 0 Å². The summed E-state index contributed by atoms with van der Waals surface area (Å²) in [7, 11) is 0. The molecule has 1 aromatic carbocycles. The van der Waals surface area contributed by atoms with Crippen molar-refractivity contribution in [3.63, 3.8) is 0 Å². The van der Waals surface area contributed by atoms with E-state index in [1.165, 1.54) is 31.5 Å². The van der Waals surface area contributed by atoms with E-state index in [1.807, 2.05) is 0 Å². The van der Waals surface area contributed by atoms with E-state index in [0.717, 1.165) is 18.4 Å². The standard InChI is InChI=1S/C18H25N/c1-18(2)11-6-9-16-14-19(12-10-17(16)18)13-15-7-4-3-5-8-15/h3-8,11,16-17H,9-10,12-14H2,1-2H3/t16-,17-/m1/s1. The Balaban J connectivity index is 1.66. The molecule has 2 atom stereocenters. The SMILES string of the molecule is CC1(C)C=CC[C@@H]2CN(Cc3ccccc3)CC[C@H]21.